The number of anilines is 1. The van der Waals surface area contributed by atoms with E-state index in [1.54, 1.807) is 25.2 Å². The van der Waals surface area contributed by atoms with Crippen LogP contribution in [0, 0.1) is 36.4 Å². The van der Waals surface area contributed by atoms with Gasteiger partial charge in [-0.05, 0) is 38.2 Å². The molecule has 0 fully saturated rings. The number of hydrogen-bond donors (Lipinski definition) is 3. The Balaban J connectivity index is 1.59. The van der Waals surface area contributed by atoms with E-state index in [4.69, 9.17) is 23.4 Å². The van der Waals surface area contributed by atoms with Crippen molar-refractivity contribution in [1.82, 2.24) is 4.98 Å². The van der Waals surface area contributed by atoms with Crippen molar-refractivity contribution < 1.29 is 52.4 Å². The Kier molecular flexibility index (Phi) is 12.0. The summed E-state index contributed by atoms with van der Waals surface area (Å²) in [5.74, 6) is -6.65. The number of amides is 1. The number of aromatic hydroxyl groups is 2. The molecule has 0 aromatic heterocycles. The number of phenolic OH excluding ortho intramolecular Hbond substituents is 2. The number of nitrogens with one attached hydrogen (secondary N) is 1. The normalized spacial score (nSPS) is 29.2. The third-order valence-corrected chi connectivity index (χ3v) is 13.4. The van der Waals surface area contributed by atoms with Gasteiger partial charge >= 0.3 is 11.8 Å². The number of alkyl halides is 1. The van der Waals surface area contributed by atoms with Crippen molar-refractivity contribution in [3.05, 3.63) is 75.4 Å². The smallest absolute Gasteiger partial charge is 0.312 e. The molecule has 8 atom stereocenters. The first kappa shape index (κ1) is 42.6. The summed E-state index contributed by atoms with van der Waals surface area (Å²) in [6.45, 7) is 13.9. The Labute approximate surface area is 347 Å². The minimum Gasteiger partial charge on any atom is -0.507 e. The monoisotopic (exact) mass is 912 g/mol. The van der Waals surface area contributed by atoms with Gasteiger partial charge in [0.05, 0.1) is 23.3 Å². The maximum absolute atomic E-state index is 14.5. The van der Waals surface area contributed by atoms with E-state index in [1.165, 1.54) is 34.1 Å². The highest BCUT2D eigenvalue weighted by Crippen LogP contribution is 2.51. The van der Waals surface area contributed by atoms with Crippen molar-refractivity contribution in [2.75, 3.05) is 12.4 Å². The first-order valence-corrected chi connectivity index (χ1v) is 20.1. The number of benzene rings is 3. The molecule has 4 bridgehead atoms. The molecule has 308 valence electrons. The van der Waals surface area contributed by atoms with Gasteiger partial charge in [-0.15, -0.1) is 0 Å². The lowest BCUT2D eigenvalue weighted by molar-refractivity contribution is -0.154. The SMILES string of the molecule is CO[C@H]1/C=C/O[C@@]2(C)Oc3c(C)c(O)c4c(=O)c(c5oc6cc(F)cc(O)c6nc-5c4c3C2=O)NC(=O)/C(C)=C\C=C\[C@H](C)C[C@@H](C)[C@@H](I)[C@@H](C)[C@H](OC(C)=O)[C@@H]1C. The largest absolute Gasteiger partial charge is 0.507 e. The minimum absolute atomic E-state index is 0.0218. The zero-order valence-corrected chi connectivity index (χ0v) is 35.7. The molecule has 2 aromatic carbocycles. The molecule has 3 aliphatic heterocycles. The van der Waals surface area contributed by atoms with E-state index in [-0.39, 0.29) is 83.4 Å². The molecule has 0 spiro atoms. The van der Waals surface area contributed by atoms with Crippen LogP contribution in [0.4, 0.5) is 10.1 Å². The Morgan fingerprint density at radius 1 is 1.07 bits per heavy atom. The maximum atomic E-state index is 14.5. The number of methoxy groups -OCH3 is 1. The van der Waals surface area contributed by atoms with Crippen LogP contribution in [-0.4, -0.2) is 61.9 Å². The van der Waals surface area contributed by atoms with E-state index in [9.17, 15) is 33.8 Å². The van der Waals surface area contributed by atoms with Crippen LogP contribution < -0.4 is 15.5 Å². The van der Waals surface area contributed by atoms with Crippen LogP contribution in [-0.2, 0) is 23.8 Å². The van der Waals surface area contributed by atoms with E-state index in [1.807, 2.05) is 19.9 Å². The number of Topliss-reactive ketones (excluding diaryl/α,β-unsaturated/α-hetero) is 1. The fourth-order valence-corrected chi connectivity index (χ4v) is 8.60. The highest BCUT2D eigenvalue weighted by atomic mass is 127. The van der Waals surface area contributed by atoms with Gasteiger partial charge in [-0.3, -0.25) is 19.2 Å². The number of phenols is 2. The van der Waals surface area contributed by atoms with Gasteiger partial charge in [-0.25, -0.2) is 9.37 Å². The highest BCUT2D eigenvalue weighted by molar-refractivity contribution is 14.1. The number of hydrogen-bond acceptors (Lipinski definition) is 12. The van der Waals surface area contributed by atoms with Gasteiger partial charge in [0, 0.05) is 65.4 Å². The van der Waals surface area contributed by atoms with E-state index in [2.05, 4.69) is 46.7 Å². The number of esters is 1. The molecule has 6 rings (SSSR count). The molecule has 2 aromatic rings. The van der Waals surface area contributed by atoms with Crippen LogP contribution in [0.1, 0.15) is 70.8 Å². The second kappa shape index (κ2) is 16.3. The second-order valence-corrected chi connectivity index (χ2v) is 16.9. The molecule has 15 heteroatoms. The molecule has 3 heterocycles. The second-order valence-electron chi connectivity index (χ2n) is 15.4. The maximum Gasteiger partial charge on any atom is 0.312 e. The van der Waals surface area contributed by atoms with E-state index < -0.39 is 64.1 Å². The Morgan fingerprint density at radius 3 is 2.45 bits per heavy atom. The summed E-state index contributed by atoms with van der Waals surface area (Å²) in [5, 5.41) is 24.4. The highest BCUT2D eigenvalue weighted by Gasteiger charge is 2.50. The van der Waals surface area contributed by atoms with Gasteiger partial charge in [0.25, 0.3) is 11.7 Å². The number of carbonyl (C=O) groups excluding carboxylic acids is 3. The first-order valence-electron chi connectivity index (χ1n) is 18.9. The summed E-state index contributed by atoms with van der Waals surface area (Å²) < 4.78 is 44.6. The van der Waals surface area contributed by atoms with Gasteiger partial charge < -0.3 is 38.9 Å². The molecular formula is C43H46FIN2O11. The van der Waals surface area contributed by atoms with Gasteiger partial charge in [-0.2, -0.15) is 0 Å². The van der Waals surface area contributed by atoms with Crippen LogP contribution >= 0.6 is 22.6 Å². The average Bonchev–Trinajstić information content (AvgIpc) is 3.43. The number of ketones is 1. The van der Waals surface area contributed by atoms with Crippen LogP contribution in [0.2, 0.25) is 0 Å². The first-order chi connectivity index (χ1) is 27.3. The predicted molar refractivity (Wildman–Crippen MR) is 223 cm³/mol. The number of halogens is 2. The average molecular weight is 913 g/mol. The third kappa shape index (κ3) is 7.65. The van der Waals surface area contributed by atoms with Crippen molar-refractivity contribution in [2.45, 2.75) is 83.7 Å². The molecule has 0 saturated carbocycles. The number of nitrogens with zero attached hydrogens (tertiary/aromatic N) is 1. The fourth-order valence-electron chi connectivity index (χ4n) is 7.90. The van der Waals surface area contributed by atoms with E-state index in [0.29, 0.717) is 0 Å². The van der Waals surface area contributed by atoms with Crippen LogP contribution in [0.15, 0.2) is 57.5 Å². The summed E-state index contributed by atoms with van der Waals surface area (Å²) in [6.07, 6.45) is 7.70. The fraction of sp³-hybridized carbons (Fsp3) is 0.419. The summed E-state index contributed by atoms with van der Waals surface area (Å²) in [4.78, 5) is 59.7. The van der Waals surface area contributed by atoms with E-state index >= 15 is 0 Å². The Bertz CT molecular complexity index is 2460. The van der Waals surface area contributed by atoms with Crippen molar-refractivity contribution >= 4 is 67.8 Å². The molecule has 0 radical (unpaired) electrons. The number of allylic oxidation sites excluding steroid dienone is 3. The summed E-state index contributed by atoms with van der Waals surface area (Å²) in [6, 6.07) is 1.77. The van der Waals surface area contributed by atoms with Gasteiger partial charge in [0.15, 0.2) is 11.3 Å². The zero-order valence-electron chi connectivity index (χ0n) is 33.6. The lowest BCUT2D eigenvalue weighted by Crippen LogP contribution is -2.42. The summed E-state index contributed by atoms with van der Waals surface area (Å²) >= 11 is 2.40. The molecule has 3 N–H and O–H groups in total. The topological polar surface area (TPSA) is 184 Å². The van der Waals surface area contributed by atoms with E-state index in [0.717, 1.165) is 18.6 Å². The third-order valence-electron chi connectivity index (χ3n) is 11.0. The van der Waals surface area contributed by atoms with Crippen molar-refractivity contribution in [3.63, 3.8) is 0 Å². The number of carbonyl (C=O) groups is 3. The van der Waals surface area contributed by atoms with Crippen molar-refractivity contribution in [2.24, 2.45) is 23.7 Å². The van der Waals surface area contributed by atoms with Crippen molar-refractivity contribution in [1.29, 1.82) is 0 Å². The molecular weight excluding hydrogens is 866 g/mol. The molecule has 0 unspecified atom stereocenters. The summed E-state index contributed by atoms with van der Waals surface area (Å²) in [7, 11) is 1.51. The van der Waals surface area contributed by atoms with Gasteiger partial charge in [0.2, 0.25) is 5.43 Å². The number of ether oxygens (including phenoxy) is 4. The van der Waals surface area contributed by atoms with Crippen LogP contribution in [0.3, 0.4) is 0 Å². The standard InChI is InChI=1S/C43H46FIN2O11/c1-18-11-10-12-19(2)42(53)47-35-37(51)30-29(34-40(35)57-28-17-25(44)16-26(49)33(28)46-34)31-39(23(6)36(30)50)58-43(8,41(31)52)55-14-13-27(54-9)21(4)38(56-24(7)48)22(5)32(45)20(3)15-18/h10-14,16-18,20-22,27,32,38,49-50H,15H2,1-9H3,(H,47,53)/b11-10+,14-13+,19-12-/t18-,20+,21+,22+,27-,32+,38+,43-/m0/s1. The molecule has 0 saturated heterocycles. The Hall–Kier alpha value is -5.03. The van der Waals surface area contributed by atoms with Crippen molar-refractivity contribution in [3.8, 4) is 28.7 Å². The van der Waals surface area contributed by atoms with Gasteiger partial charge in [0.1, 0.15) is 46.1 Å². The molecule has 1 amide bonds. The predicted octanol–water partition coefficient (Wildman–Crippen LogP) is 8.27. The molecule has 4 aliphatic rings. The van der Waals surface area contributed by atoms with Crippen LogP contribution in [0.5, 0.6) is 17.2 Å². The summed E-state index contributed by atoms with van der Waals surface area (Å²) in [5.41, 5.74) is -2.01. The molecule has 13 nitrogen and oxygen atoms in total. The lowest BCUT2D eigenvalue weighted by atomic mass is 9.81. The van der Waals surface area contributed by atoms with Crippen LogP contribution in [0.25, 0.3) is 33.3 Å². The molecule has 58 heavy (non-hydrogen) atoms. The number of fused-ring (bicyclic) bond motifs is 2. The lowest BCUT2D eigenvalue weighted by Gasteiger charge is -2.36. The molecule has 1 aliphatic carbocycles. The quantitative estimate of drug-likeness (QED) is 0.0576. The zero-order chi connectivity index (χ0) is 42.5. The minimum atomic E-state index is -2.04. The Morgan fingerprint density at radius 2 is 1.78 bits per heavy atom. The number of aromatic nitrogens is 1. The van der Waals surface area contributed by atoms with Gasteiger partial charge in [-0.1, -0.05) is 68.5 Å². The number of rotatable bonds is 2.